The molecule has 0 saturated carbocycles. The predicted molar refractivity (Wildman–Crippen MR) is 90.9 cm³/mol. The second-order valence-electron chi connectivity index (χ2n) is 4.37. The van der Waals surface area contributed by atoms with E-state index in [0.29, 0.717) is 12.4 Å². The highest BCUT2D eigenvalue weighted by molar-refractivity contribution is 14.1. The van der Waals surface area contributed by atoms with Crippen molar-refractivity contribution in [2.45, 2.75) is 19.4 Å². The Morgan fingerprint density at radius 1 is 1.35 bits per heavy atom. The first kappa shape index (κ1) is 15.7. The Labute approximate surface area is 140 Å². The molecule has 1 aromatic carbocycles. The van der Waals surface area contributed by atoms with Crippen molar-refractivity contribution in [2.24, 2.45) is 0 Å². The van der Waals surface area contributed by atoms with Crippen molar-refractivity contribution >= 4 is 38.5 Å². The number of nitrogens with zero attached hydrogens (tertiary/aromatic N) is 1. The second kappa shape index (κ2) is 7.38. The predicted octanol–water partition coefficient (Wildman–Crippen LogP) is 4.32. The smallest absolute Gasteiger partial charge is 0.137 e. The summed E-state index contributed by atoms with van der Waals surface area (Å²) in [6.45, 7) is 2.70. The molecular weight excluding hydrogens is 433 g/mol. The van der Waals surface area contributed by atoms with Crippen LogP contribution >= 0.6 is 38.5 Å². The van der Waals surface area contributed by atoms with E-state index in [4.69, 9.17) is 4.74 Å². The minimum atomic E-state index is -0.711. The monoisotopic (exact) mass is 447 g/mol. The number of ether oxygens (including phenoxy) is 1. The topological polar surface area (TPSA) is 42.4 Å². The average Bonchev–Trinajstić information content (AvgIpc) is 2.47. The van der Waals surface area contributed by atoms with Gasteiger partial charge in [0, 0.05) is 19.8 Å². The Bertz CT molecular complexity index is 592. The first-order valence-electron chi connectivity index (χ1n) is 6.32. The molecule has 0 fully saturated rings. The quantitative estimate of drug-likeness (QED) is 0.694. The minimum absolute atomic E-state index is 0.648. The van der Waals surface area contributed by atoms with Crippen LogP contribution in [0.1, 0.15) is 30.6 Å². The Hall–Kier alpha value is -0.660. The average molecular weight is 448 g/mol. The highest BCUT2D eigenvalue weighted by atomic mass is 127. The molecule has 3 nitrogen and oxygen atoms in total. The van der Waals surface area contributed by atoms with Crippen LogP contribution in [0, 0.1) is 3.57 Å². The number of benzene rings is 1. The van der Waals surface area contributed by atoms with Gasteiger partial charge < -0.3 is 9.84 Å². The molecule has 1 aromatic heterocycles. The summed E-state index contributed by atoms with van der Waals surface area (Å²) in [6, 6.07) is 7.68. The lowest BCUT2D eigenvalue weighted by atomic mass is 10.0. The number of aromatic nitrogens is 1. The molecule has 106 valence electrons. The van der Waals surface area contributed by atoms with Crippen molar-refractivity contribution in [3.63, 3.8) is 0 Å². The van der Waals surface area contributed by atoms with Gasteiger partial charge in [0.15, 0.2) is 0 Å². The fraction of sp³-hybridized carbons (Fsp3) is 0.267. The summed E-state index contributed by atoms with van der Waals surface area (Å²) in [5.74, 6) is 0.688. The van der Waals surface area contributed by atoms with Crippen molar-refractivity contribution in [1.82, 2.24) is 4.98 Å². The maximum absolute atomic E-state index is 10.5. The van der Waals surface area contributed by atoms with Gasteiger partial charge in [0.25, 0.3) is 0 Å². The summed E-state index contributed by atoms with van der Waals surface area (Å²) in [6.07, 6.45) is 3.56. The van der Waals surface area contributed by atoms with E-state index in [-0.39, 0.29) is 0 Å². The van der Waals surface area contributed by atoms with E-state index in [0.717, 1.165) is 25.6 Å². The zero-order valence-electron chi connectivity index (χ0n) is 11.0. The van der Waals surface area contributed by atoms with Crippen LogP contribution in [0.2, 0.25) is 0 Å². The van der Waals surface area contributed by atoms with E-state index in [1.165, 1.54) is 0 Å². The van der Waals surface area contributed by atoms with Gasteiger partial charge in [-0.3, -0.25) is 4.98 Å². The van der Waals surface area contributed by atoms with E-state index in [9.17, 15) is 5.11 Å². The standard InChI is InChI=1S/C15H15BrINO2/c1-2-5-20-12-6-10(8-18-9-12)15(19)13-7-11(16)3-4-14(13)17/h3-4,6-9,15,19H,2,5H2,1H3. The molecule has 5 heteroatoms. The SMILES string of the molecule is CCCOc1cncc(C(O)c2cc(Br)ccc2I)c1. The summed E-state index contributed by atoms with van der Waals surface area (Å²) < 4.78 is 7.51. The number of aliphatic hydroxyl groups excluding tert-OH is 1. The molecule has 2 rings (SSSR count). The van der Waals surface area contributed by atoms with Crippen molar-refractivity contribution < 1.29 is 9.84 Å². The maximum atomic E-state index is 10.5. The van der Waals surface area contributed by atoms with Crippen molar-refractivity contribution in [3.8, 4) is 5.75 Å². The first-order valence-corrected chi connectivity index (χ1v) is 8.19. The Kier molecular flexibility index (Phi) is 5.80. The molecule has 0 aliphatic rings. The molecule has 0 bridgehead atoms. The highest BCUT2D eigenvalue weighted by Crippen LogP contribution is 2.29. The molecular formula is C15H15BrINO2. The van der Waals surface area contributed by atoms with Gasteiger partial charge in [-0.2, -0.15) is 0 Å². The van der Waals surface area contributed by atoms with E-state index >= 15 is 0 Å². The Balaban J connectivity index is 2.28. The number of rotatable bonds is 5. The van der Waals surface area contributed by atoms with E-state index < -0.39 is 6.10 Å². The van der Waals surface area contributed by atoms with Gasteiger partial charge >= 0.3 is 0 Å². The second-order valence-corrected chi connectivity index (χ2v) is 6.45. The molecule has 1 atom stereocenters. The molecule has 0 radical (unpaired) electrons. The maximum Gasteiger partial charge on any atom is 0.137 e. The van der Waals surface area contributed by atoms with Crippen LogP contribution in [0.25, 0.3) is 0 Å². The normalized spacial score (nSPS) is 12.2. The molecule has 0 spiro atoms. The van der Waals surface area contributed by atoms with Crippen LogP contribution in [0.3, 0.4) is 0 Å². The highest BCUT2D eigenvalue weighted by Gasteiger charge is 2.15. The first-order chi connectivity index (χ1) is 9.61. The number of aliphatic hydroxyl groups is 1. The lowest BCUT2D eigenvalue weighted by Gasteiger charge is -2.14. The number of hydrogen-bond donors (Lipinski definition) is 1. The van der Waals surface area contributed by atoms with Crippen molar-refractivity contribution in [1.29, 1.82) is 0 Å². The van der Waals surface area contributed by atoms with Crippen LogP contribution in [-0.2, 0) is 0 Å². The minimum Gasteiger partial charge on any atom is -0.492 e. The van der Waals surface area contributed by atoms with E-state index in [1.807, 2.05) is 24.3 Å². The van der Waals surface area contributed by atoms with Gasteiger partial charge in [-0.25, -0.2) is 0 Å². The summed E-state index contributed by atoms with van der Waals surface area (Å²) in [5, 5.41) is 10.5. The number of halogens is 2. The van der Waals surface area contributed by atoms with Gasteiger partial charge in [0.05, 0.1) is 12.8 Å². The Morgan fingerprint density at radius 2 is 2.15 bits per heavy atom. The lowest BCUT2D eigenvalue weighted by Crippen LogP contribution is -2.04. The van der Waals surface area contributed by atoms with Crippen LogP contribution in [-0.4, -0.2) is 16.7 Å². The summed E-state index contributed by atoms with van der Waals surface area (Å²) in [7, 11) is 0. The Morgan fingerprint density at radius 3 is 2.90 bits per heavy atom. The summed E-state index contributed by atoms with van der Waals surface area (Å²) in [5.41, 5.74) is 1.59. The molecule has 0 amide bonds. The molecule has 1 unspecified atom stereocenters. The number of hydrogen-bond acceptors (Lipinski definition) is 3. The van der Waals surface area contributed by atoms with Gasteiger partial charge in [-0.1, -0.05) is 22.9 Å². The van der Waals surface area contributed by atoms with Gasteiger partial charge in [0.2, 0.25) is 0 Å². The van der Waals surface area contributed by atoms with Gasteiger partial charge in [0.1, 0.15) is 11.9 Å². The van der Waals surface area contributed by atoms with Crippen LogP contribution < -0.4 is 4.74 Å². The lowest BCUT2D eigenvalue weighted by molar-refractivity contribution is 0.218. The zero-order chi connectivity index (χ0) is 14.5. The van der Waals surface area contributed by atoms with Gasteiger partial charge in [-0.05, 0) is 58.8 Å². The zero-order valence-corrected chi connectivity index (χ0v) is 14.8. The fourth-order valence-corrected chi connectivity index (χ4v) is 2.80. The molecule has 0 aliphatic heterocycles. The van der Waals surface area contributed by atoms with E-state index in [2.05, 4.69) is 50.4 Å². The van der Waals surface area contributed by atoms with Crippen LogP contribution in [0.5, 0.6) is 5.75 Å². The van der Waals surface area contributed by atoms with Crippen molar-refractivity contribution in [2.75, 3.05) is 6.61 Å². The molecule has 0 saturated heterocycles. The van der Waals surface area contributed by atoms with Gasteiger partial charge in [-0.15, -0.1) is 0 Å². The van der Waals surface area contributed by atoms with Crippen LogP contribution in [0.15, 0.2) is 41.1 Å². The third-order valence-corrected chi connectivity index (χ3v) is 4.25. The largest absolute Gasteiger partial charge is 0.492 e. The molecule has 0 aliphatic carbocycles. The summed E-state index contributed by atoms with van der Waals surface area (Å²) in [4.78, 5) is 4.14. The third-order valence-electron chi connectivity index (χ3n) is 2.78. The fourth-order valence-electron chi connectivity index (χ4n) is 1.79. The third kappa shape index (κ3) is 3.93. The van der Waals surface area contributed by atoms with Crippen molar-refractivity contribution in [3.05, 3.63) is 55.8 Å². The molecule has 20 heavy (non-hydrogen) atoms. The molecule has 2 aromatic rings. The molecule has 1 heterocycles. The summed E-state index contributed by atoms with van der Waals surface area (Å²) >= 11 is 5.65. The van der Waals surface area contributed by atoms with E-state index in [1.54, 1.807) is 12.4 Å². The molecule has 1 N–H and O–H groups in total. The van der Waals surface area contributed by atoms with Crippen LogP contribution in [0.4, 0.5) is 0 Å². The number of pyridine rings is 1.